The standard InChI is InChI=1S/C24H14Cl3FN4S2/c25-14-3-8-17(9-4-14)33-23-21(18-10-5-15(26)11-20(18)27)31-24(34-23)32-22(29)19(12-30-32)13-1-6-16(28)7-2-13/h1-12H,29H2. The van der Waals surface area contributed by atoms with E-state index >= 15 is 0 Å². The van der Waals surface area contributed by atoms with Crippen molar-refractivity contribution >= 4 is 63.7 Å². The smallest absolute Gasteiger partial charge is 0.213 e. The van der Waals surface area contributed by atoms with Crippen LogP contribution in [0.1, 0.15) is 0 Å². The van der Waals surface area contributed by atoms with Crippen molar-refractivity contribution in [1.29, 1.82) is 0 Å². The van der Waals surface area contributed by atoms with Gasteiger partial charge in [-0.25, -0.2) is 9.37 Å². The van der Waals surface area contributed by atoms with Crippen LogP contribution in [-0.4, -0.2) is 14.8 Å². The van der Waals surface area contributed by atoms with Crippen LogP contribution in [0.15, 0.2) is 82.0 Å². The lowest BCUT2D eigenvalue weighted by atomic mass is 10.1. The molecule has 0 amide bonds. The average molecular weight is 548 g/mol. The molecular weight excluding hydrogens is 534 g/mol. The van der Waals surface area contributed by atoms with Crippen LogP contribution in [0.5, 0.6) is 0 Å². The fourth-order valence-electron chi connectivity index (χ4n) is 3.28. The van der Waals surface area contributed by atoms with Crippen LogP contribution in [0.3, 0.4) is 0 Å². The average Bonchev–Trinajstić information content (AvgIpc) is 3.39. The Morgan fingerprint density at radius 3 is 2.29 bits per heavy atom. The minimum atomic E-state index is -0.317. The molecule has 0 saturated carbocycles. The van der Waals surface area contributed by atoms with Crippen molar-refractivity contribution < 1.29 is 4.39 Å². The van der Waals surface area contributed by atoms with E-state index in [1.807, 2.05) is 30.3 Å². The predicted octanol–water partition coefficient (Wildman–Crippen LogP) is 8.50. The van der Waals surface area contributed by atoms with Crippen molar-refractivity contribution in [3.63, 3.8) is 0 Å². The van der Waals surface area contributed by atoms with Crippen LogP contribution >= 0.6 is 57.9 Å². The molecule has 10 heteroatoms. The maximum Gasteiger partial charge on any atom is 0.213 e. The van der Waals surface area contributed by atoms with E-state index in [1.54, 1.807) is 35.1 Å². The van der Waals surface area contributed by atoms with Crippen LogP contribution in [0.2, 0.25) is 15.1 Å². The Morgan fingerprint density at radius 1 is 0.882 bits per heavy atom. The number of rotatable bonds is 5. The van der Waals surface area contributed by atoms with E-state index in [9.17, 15) is 4.39 Å². The Balaban J connectivity index is 1.60. The van der Waals surface area contributed by atoms with Gasteiger partial charge in [0.2, 0.25) is 5.13 Å². The minimum absolute atomic E-state index is 0.317. The Kier molecular flexibility index (Phi) is 6.55. The first-order chi connectivity index (χ1) is 16.4. The lowest BCUT2D eigenvalue weighted by Crippen LogP contribution is -2.01. The topological polar surface area (TPSA) is 56.7 Å². The fourth-order valence-corrected chi connectivity index (χ4v) is 6.11. The normalized spacial score (nSPS) is 11.2. The number of nitrogens with two attached hydrogens (primary N) is 1. The second-order valence-electron chi connectivity index (χ2n) is 7.17. The van der Waals surface area contributed by atoms with Gasteiger partial charge < -0.3 is 5.73 Å². The molecule has 3 aromatic carbocycles. The van der Waals surface area contributed by atoms with E-state index < -0.39 is 0 Å². The molecule has 5 rings (SSSR count). The second kappa shape index (κ2) is 9.60. The third-order valence-corrected chi connectivity index (χ3v) is 7.95. The number of nitrogens with zero attached hydrogens (tertiary/aromatic N) is 3. The quantitative estimate of drug-likeness (QED) is 0.240. The van der Waals surface area contributed by atoms with E-state index in [-0.39, 0.29) is 5.82 Å². The SMILES string of the molecule is Nc1c(-c2ccc(F)cc2)cnn1-c1nc(-c2ccc(Cl)cc2Cl)c(Sc2ccc(Cl)cc2)s1. The van der Waals surface area contributed by atoms with Gasteiger partial charge >= 0.3 is 0 Å². The third kappa shape index (κ3) is 4.67. The van der Waals surface area contributed by atoms with Crippen LogP contribution in [0.4, 0.5) is 10.2 Å². The summed E-state index contributed by atoms with van der Waals surface area (Å²) in [6.07, 6.45) is 1.64. The molecule has 0 spiro atoms. The molecular formula is C24H14Cl3FN4S2. The number of benzene rings is 3. The van der Waals surface area contributed by atoms with E-state index in [1.165, 1.54) is 35.2 Å². The van der Waals surface area contributed by atoms with E-state index in [4.69, 9.17) is 45.5 Å². The molecule has 0 aliphatic carbocycles. The summed E-state index contributed by atoms with van der Waals surface area (Å²) in [4.78, 5) is 5.83. The molecule has 0 saturated heterocycles. The number of thiazole rings is 1. The number of hydrogen-bond acceptors (Lipinski definition) is 5. The molecule has 2 heterocycles. The molecule has 0 bridgehead atoms. The maximum absolute atomic E-state index is 13.4. The van der Waals surface area contributed by atoms with Crippen molar-refractivity contribution in [2.24, 2.45) is 0 Å². The number of anilines is 1. The zero-order valence-corrected chi connectivity index (χ0v) is 21.1. The van der Waals surface area contributed by atoms with Gasteiger partial charge in [-0.05, 0) is 60.2 Å². The van der Waals surface area contributed by atoms with Gasteiger partial charge in [0.15, 0.2) is 0 Å². The molecule has 0 aliphatic rings. The Bertz CT molecular complexity index is 1480. The molecule has 5 aromatic rings. The first-order valence-electron chi connectivity index (χ1n) is 9.88. The molecule has 0 fully saturated rings. The molecule has 4 nitrogen and oxygen atoms in total. The molecule has 2 aromatic heterocycles. The Labute approximate surface area is 218 Å². The third-order valence-electron chi connectivity index (χ3n) is 4.94. The highest BCUT2D eigenvalue weighted by molar-refractivity contribution is 8.01. The zero-order chi connectivity index (χ0) is 23.8. The molecule has 0 radical (unpaired) electrons. The van der Waals surface area contributed by atoms with Gasteiger partial charge in [0.25, 0.3) is 0 Å². The lowest BCUT2D eigenvalue weighted by molar-refractivity contribution is 0.628. The highest BCUT2D eigenvalue weighted by Crippen LogP contribution is 2.44. The number of hydrogen-bond donors (Lipinski definition) is 1. The summed E-state index contributed by atoms with van der Waals surface area (Å²) in [5.41, 5.74) is 9.32. The van der Waals surface area contributed by atoms with Crippen LogP contribution in [0, 0.1) is 5.82 Å². The van der Waals surface area contributed by atoms with Gasteiger partial charge in [0.1, 0.15) is 11.6 Å². The van der Waals surface area contributed by atoms with Crippen LogP contribution in [-0.2, 0) is 0 Å². The summed E-state index contributed by atoms with van der Waals surface area (Å²) in [5, 5.41) is 6.71. The Hall–Kier alpha value is -2.55. The fraction of sp³-hybridized carbons (Fsp3) is 0. The van der Waals surface area contributed by atoms with E-state index in [0.717, 1.165) is 20.2 Å². The summed E-state index contributed by atoms with van der Waals surface area (Å²) in [5.74, 6) is 0.0835. The lowest BCUT2D eigenvalue weighted by Gasteiger charge is -2.05. The highest BCUT2D eigenvalue weighted by atomic mass is 35.5. The number of nitrogen functional groups attached to an aromatic ring is 1. The van der Waals surface area contributed by atoms with E-state index in [2.05, 4.69) is 5.10 Å². The predicted molar refractivity (Wildman–Crippen MR) is 140 cm³/mol. The van der Waals surface area contributed by atoms with Gasteiger partial charge in [-0.3, -0.25) is 0 Å². The van der Waals surface area contributed by atoms with Crippen molar-refractivity contribution in [3.8, 4) is 27.5 Å². The first-order valence-corrected chi connectivity index (χ1v) is 12.7. The van der Waals surface area contributed by atoms with Crippen molar-refractivity contribution in [3.05, 3.63) is 93.8 Å². The summed E-state index contributed by atoms with van der Waals surface area (Å²) < 4.78 is 15.8. The van der Waals surface area contributed by atoms with Gasteiger partial charge in [-0.15, -0.1) is 0 Å². The molecule has 0 unspecified atom stereocenters. The summed E-state index contributed by atoms with van der Waals surface area (Å²) >= 11 is 21.6. The Morgan fingerprint density at radius 2 is 1.59 bits per heavy atom. The zero-order valence-electron chi connectivity index (χ0n) is 17.2. The minimum Gasteiger partial charge on any atom is -0.383 e. The molecule has 2 N–H and O–H groups in total. The maximum atomic E-state index is 13.4. The monoisotopic (exact) mass is 546 g/mol. The van der Waals surface area contributed by atoms with Crippen molar-refractivity contribution in [2.75, 3.05) is 5.73 Å². The summed E-state index contributed by atoms with van der Waals surface area (Å²) in [6, 6.07) is 18.9. The van der Waals surface area contributed by atoms with Gasteiger partial charge in [-0.2, -0.15) is 9.78 Å². The highest BCUT2D eigenvalue weighted by Gasteiger charge is 2.21. The molecule has 34 heavy (non-hydrogen) atoms. The van der Waals surface area contributed by atoms with Crippen molar-refractivity contribution in [1.82, 2.24) is 14.8 Å². The molecule has 0 aliphatic heterocycles. The van der Waals surface area contributed by atoms with Gasteiger partial charge in [0, 0.05) is 26.1 Å². The summed E-state index contributed by atoms with van der Waals surface area (Å²) in [7, 11) is 0. The molecule has 170 valence electrons. The van der Waals surface area contributed by atoms with Crippen LogP contribution < -0.4 is 5.73 Å². The van der Waals surface area contributed by atoms with Gasteiger partial charge in [-0.1, -0.05) is 70.0 Å². The molecule has 0 atom stereocenters. The number of halogens is 4. The first kappa shape index (κ1) is 23.2. The van der Waals surface area contributed by atoms with Gasteiger partial charge in [0.05, 0.1) is 21.1 Å². The summed E-state index contributed by atoms with van der Waals surface area (Å²) in [6.45, 7) is 0. The number of aromatic nitrogens is 3. The van der Waals surface area contributed by atoms with E-state index in [0.29, 0.717) is 37.3 Å². The van der Waals surface area contributed by atoms with Crippen molar-refractivity contribution in [2.45, 2.75) is 9.10 Å². The van der Waals surface area contributed by atoms with Crippen LogP contribution in [0.25, 0.3) is 27.5 Å². The second-order valence-corrected chi connectivity index (χ2v) is 10.8. The largest absolute Gasteiger partial charge is 0.383 e.